The van der Waals surface area contributed by atoms with Crippen molar-refractivity contribution in [3.05, 3.63) is 24.5 Å². The van der Waals surface area contributed by atoms with Gasteiger partial charge in [-0.2, -0.15) is 0 Å². The number of fused-ring (bicyclic) bond motifs is 1. The second-order valence-corrected chi connectivity index (χ2v) is 3.46. The highest BCUT2D eigenvalue weighted by Gasteiger charge is 2.11. The van der Waals surface area contributed by atoms with Gasteiger partial charge in [-0.1, -0.05) is 6.07 Å². The Morgan fingerprint density at radius 3 is 2.85 bits per heavy atom. The third-order valence-electron chi connectivity index (χ3n) is 2.22. The molecule has 0 bridgehead atoms. The Balaban J connectivity index is 2.68. The van der Waals surface area contributed by atoms with Crippen LogP contribution in [0.25, 0.3) is 11.3 Å². The van der Waals surface area contributed by atoms with E-state index in [-0.39, 0.29) is 0 Å². The molecule has 2 aliphatic rings. The van der Waals surface area contributed by atoms with E-state index in [2.05, 4.69) is 29.5 Å². The number of nitrogens with two attached hydrogens (primary N) is 1. The first-order valence-electron chi connectivity index (χ1n) is 4.41. The molecule has 1 aliphatic carbocycles. The maximum absolute atomic E-state index is 5.75. The van der Waals surface area contributed by atoms with Crippen LogP contribution >= 0.6 is 0 Å². The molecule has 0 atom stereocenters. The average Bonchev–Trinajstić information content (AvgIpc) is 2.53. The van der Waals surface area contributed by atoms with Gasteiger partial charge in [0.15, 0.2) is 0 Å². The normalized spacial score (nSPS) is 11.3. The van der Waals surface area contributed by atoms with Crippen molar-refractivity contribution < 1.29 is 0 Å². The summed E-state index contributed by atoms with van der Waals surface area (Å²) in [5.41, 5.74) is 7.94. The molecule has 0 aromatic carbocycles. The first-order chi connectivity index (χ1) is 6.20. The first-order valence-corrected chi connectivity index (χ1v) is 4.41. The summed E-state index contributed by atoms with van der Waals surface area (Å²) in [4.78, 5) is 4.14. The minimum absolute atomic E-state index is 0.415. The molecule has 68 valence electrons. The summed E-state index contributed by atoms with van der Waals surface area (Å²) < 4.78 is 2.12. The quantitative estimate of drug-likeness (QED) is 0.721. The van der Waals surface area contributed by atoms with Gasteiger partial charge in [-0.05, 0) is 26.0 Å². The zero-order valence-electron chi connectivity index (χ0n) is 7.86. The second-order valence-electron chi connectivity index (χ2n) is 3.46. The van der Waals surface area contributed by atoms with E-state index in [1.807, 2.05) is 12.1 Å². The van der Waals surface area contributed by atoms with Gasteiger partial charge in [0.25, 0.3) is 0 Å². The Bertz CT molecular complexity index is 389. The molecule has 0 unspecified atom stereocenters. The molecule has 0 amide bonds. The van der Waals surface area contributed by atoms with Gasteiger partial charge >= 0.3 is 0 Å². The number of hydrogen-bond acceptors (Lipinski definition) is 2. The first kappa shape index (κ1) is 8.10. The SMILES string of the molecule is CC(C)n1cnc(N)c2cccc1-2. The molecule has 0 fully saturated rings. The molecule has 0 saturated carbocycles. The Kier molecular flexibility index (Phi) is 1.72. The Morgan fingerprint density at radius 1 is 1.38 bits per heavy atom. The molecule has 0 saturated heterocycles. The topological polar surface area (TPSA) is 43.8 Å². The summed E-state index contributed by atoms with van der Waals surface area (Å²) in [5, 5.41) is 0. The number of anilines is 1. The molecule has 0 aromatic heterocycles. The lowest BCUT2D eigenvalue weighted by molar-refractivity contribution is 0.593. The largest absolute Gasteiger partial charge is 0.383 e. The van der Waals surface area contributed by atoms with Gasteiger partial charge in [0.2, 0.25) is 0 Å². The maximum Gasteiger partial charge on any atom is 0.134 e. The van der Waals surface area contributed by atoms with Crippen LogP contribution in [0.15, 0.2) is 24.5 Å². The summed E-state index contributed by atoms with van der Waals surface area (Å²) >= 11 is 0. The molecule has 2 N–H and O–H groups in total. The fourth-order valence-electron chi connectivity index (χ4n) is 1.52. The van der Waals surface area contributed by atoms with E-state index in [4.69, 9.17) is 5.73 Å². The molecule has 0 spiro atoms. The smallest absolute Gasteiger partial charge is 0.134 e. The molecule has 0 radical (unpaired) electrons. The van der Waals surface area contributed by atoms with Crippen LogP contribution in [-0.4, -0.2) is 9.55 Å². The number of rotatable bonds is 1. The monoisotopic (exact) mass is 175 g/mol. The molecule has 1 heterocycles. The van der Waals surface area contributed by atoms with E-state index in [9.17, 15) is 0 Å². The van der Waals surface area contributed by atoms with Gasteiger partial charge in [0.1, 0.15) is 5.82 Å². The van der Waals surface area contributed by atoms with Crippen molar-refractivity contribution in [1.29, 1.82) is 0 Å². The van der Waals surface area contributed by atoms with E-state index in [1.165, 1.54) is 0 Å². The zero-order chi connectivity index (χ0) is 9.42. The molecular weight excluding hydrogens is 162 g/mol. The highest BCUT2D eigenvalue weighted by atomic mass is 15.1. The van der Waals surface area contributed by atoms with Crippen LogP contribution in [0.4, 0.5) is 5.82 Å². The van der Waals surface area contributed by atoms with Crippen LogP contribution in [0.1, 0.15) is 19.9 Å². The second kappa shape index (κ2) is 2.76. The van der Waals surface area contributed by atoms with Gasteiger partial charge in [0, 0.05) is 11.6 Å². The summed E-state index contributed by atoms with van der Waals surface area (Å²) in [5.74, 6) is 0.608. The number of hydrogen-bond donors (Lipinski definition) is 1. The van der Waals surface area contributed by atoms with Crippen molar-refractivity contribution in [2.45, 2.75) is 19.9 Å². The summed E-state index contributed by atoms with van der Waals surface area (Å²) in [7, 11) is 0. The molecule has 3 heteroatoms. The molecule has 13 heavy (non-hydrogen) atoms. The fraction of sp³-hybridized carbons (Fsp3) is 0.300. The third-order valence-corrected chi connectivity index (χ3v) is 2.22. The number of nitrogen functional groups attached to an aromatic ring is 1. The molecular formula is C10H13N3. The van der Waals surface area contributed by atoms with E-state index in [1.54, 1.807) is 6.33 Å². The van der Waals surface area contributed by atoms with Crippen LogP contribution in [0, 0.1) is 0 Å². The van der Waals surface area contributed by atoms with E-state index < -0.39 is 0 Å². The predicted octanol–water partition coefficient (Wildman–Crippen LogP) is 2.15. The minimum atomic E-state index is 0.415. The molecule has 0 aromatic rings. The highest BCUT2D eigenvalue weighted by Crippen LogP contribution is 2.28. The van der Waals surface area contributed by atoms with Gasteiger partial charge in [-0.3, -0.25) is 0 Å². The number of nitrogens with zero attached hydrogens (tertiary/aromatic N) is 2. The summed E-state index contributed by atoms with van der Waals surface area (Å²) in [6, 6.07) is 6.48. The van der Waals surface area contributed by atoms with Crippen molar-refractivity contribution in [1.82, 2.24) is 9.55 Å². The van der Waals surface area contributed by atoms with Crippen LogP contribution < -0.4 is 5.73 Å². The Labute approximate surface area is 77.5 Å². The lowest BCUT2D eigenvalue weighted by Gasteiger charge is -2.16. The van der Waals surface area contributed by atoms with Gasteiger partial charge < -0.3 is 10.3 Å². The lowest BCUT2D eigenvalue weighted by Crippen LogP contribution is -2.08. The van der Waals surface area contributed by atoms with Crippen LogP contribution in [0.3, 0.4) is 0 Å². The van der Waals surface area contributed by atoms with Crippen molar-refractivity contribution in [3.63, 3.8) is 0 Å². The fourth-order valence-corrected chi connectivity index (χ4v) is 1.52. The van der Waals surface area contributed by atoms with E-state index in [0.29, 0.717) is 11.9 Å². The highest BCUT2D eigenvalue weighted by molar-refractivity contribution is 5.73. The van der Waals surface area contributed by atoms with Crippen molar-refractivity contribution in [2.75, 3.05) is 5.73 Å². The summed E-state index contributed by atoms with van der Waals surface area (Å²) in [6.45, 7) is 4.26. The zero-order valence-corrected chi connectivity index (χ0v) is 7.86. The Hall–Kier alpha value is -1.51. The lowest BCUT2D eigenvalue weighted by atomic mass is 10.2. The van der Waals surface area contributed by atoms with Crippen molar-refractivity contribution >= 4 is 5.82 Å². The summed E-state index contributed by atoms with van der Waals surface area (Å²) in [6.07, 6.45) is 1.79. The number of aromatic nitrogens is 2. The van der Waals surface area contributed by atoms with Crippen LogP contribution in [0.5, 0.6) is 0 Å². The maximum atomic E-state index is 5.75. The van der Waals surface area contributed by atoms with E-state index >= 15 is 0 Å². The van der Waals surface area contributed by atoms with Crippen molar-refractivity contribution in [3.8, 4) is 11.3 Å². The Morgan fingerprint density at radius 2 is 2.15 bits per heavy atom. The molecule has 3 nitrogen and oxygen atoms in total. The molecule has 1 aliphatic heterocycles. The van der Waals surface area contributed by atoms with Gasteiger partial charge in [-0.15, -0.1) is 0 Å². The van der Waals surface area contributed by atoms with Crippen LogP contribution in [0.2, 0.25) is 0 Å². The third kappa shape index (κ3) is 1.16. The van der Waals surface area contributed by atoms with Crippen molar-refractivity contribution in [2.24, 2.45) is 0 Å². The standard InChI is InChI=1S/C10H13N3/c1-7(2)13-6-12-10(11)8-4-3-5-9(8)13/h3-7H,11H2,1-2H3. The van der Waals surface area contributed by atoms with Gasteiger partial charge in [-0.25, -0.2) is 4.98 Å². The van der Waals surface area contributed by atoms with E-state index in [0.717, 1.165) is 11.3 Å². The average molecular weight is 175 g/mol. The minimum Gasteiger partial charge on any atom is -0.383 e. The van der Waals surface area contributed by atoms with Crippen LogP contribution in [-0.2, 0) is 0 Å². The molecule has 2 rings (SSSR count). The van der Waals surface area contributed by atoms with Gasteiger partial charge in [0.05, 0.1) is 12.0 Å². The predicted molar refractivity (Wildman–Crippen MR) is 53.6 cm³/mol.